The number of rotatable bonds is 3. The molecule has 1 aliphatic heterocycles. The van der Waals surface area contributed by atoms with Crippen molar-refractivity contribution in [1.29, 1.82) is 0 Å². The van der Waals surface area contributed by atoms with E-state index in [1.165, 1.54) is 11.1 Å². The lowest BCUT2D eigenvalue weighted by Gasteiger charge is -2.28. The van der Waals surface area contributed by atoms with Gasteiger partial charge in [-0.25, -0.2) is 0 Å². The third-order valence-electron chi connectivity index (χ3n) is 4.08. The smallest absolute Gasteiger partial charge is 0.255 e. The molecule has 1 aliphatic rings. The molecule has 1 aromatic carbocycles. The number of aryl methyl sites for hydroxylation is 1. The van der Waals surface area contributed by atoms with E-state index in [9.17, 15) is 4.79 Å². The Hall–Kier alpha value is -1.72. The van der Waals surface area contributed by atoms with Gasteiger partial charge < -0.3 is 4.98 Å². The maximum absolute atomic E-state index is 11.9. The van der Waals surface area contributed by atoms with Crippen LogP contribution < -0.4 is 5.56 Å². The molecule has 2 N–H and O–H groups in total. The second-order valence-electron chi connectivity index (χ2n) is 5.45. The highest BCUT2D eigenvalue weighted by Crippen LogP contribution is 2.18. The van der Waals surface area contributed by atoms with E-state index in [-0.39, 0.29) is 5.56 Å². The highest BCUT2D eigenvalue weighted by atomic mass is 32.1. The van der Waals surface area contributed by atoms with E-state index in [0.29, 0.717) is 4.77 Å². The van der Waals surface area contributed by atoms with Gasteiger partial charge in [0.1, 0.15) is 0 Å². The van der Waals surface area contributed by atoms with Crippen molar-refractivity contribution in [3.63, 3.8) is 0 Å². The maximum Gasteiger partial charge on any atom is 0.255 e. The Morgan fingerprint density at radius 1 is 1.24 bits per heavy atom. The van der Waals surface area contributed by atoms with Gasteiger partial charge in [0.15, 0.2) is 4.77 Å². The Kier molecular flexibility index (Phi) is 4.03. The van der Waals surface area contributed by atoms with Crippen molar-refractivity contribution >= 4 is 12.2 Å². The Morgan fingerprint density at radius 2 is 2.00 bits per heavy atom. The van der Waals surface area contributed by atoms with Gasteiger partial charge in [0, 0.05) is 30.9 Å². The second-order valence-corrected chi connectivity index (χ2v) is 5.86. The molecule has 2 aromatic rings. The number of hydrogen-bond donors (Lipinski definition) is 2. The molecule has 4 nitrogen and oxygen atoms in total. The molecule has 2 heterocycles. The fraction of sp³-hybridized carbons (Fsp3) is 0.375. The third kappa shape index (κ3) is 2.99. The molecule has 0 amide bonds. The first-order valence-corrected chi connectivity index (χ1v) is 7.71. The number of aromatic nitrogens is 2. The minimum Gasteiger partial charge on any atom is -0.334 e. The molecular weight excluding hydrogens is 282 g/mol. The van der Waals surface area contributed by atoms with Crippen LogP contribution in [0.1, 0.15) is 29.3 Å². The molecular formula is C16H19N3OS. The third-order valence-corrected chi connectivity index (χ3v) is 4.29. The number of benzene rings is 1. The standard InChI is InChI=1S/C16H19N3OS/c1-2-11-5-3-4-6-12(11)9-19-8-7-13-14(10-19)17-16(21)18-15(13)20/h3-6H,2,7-10H2,1H3,(H2,17,18,20,21). The molecule has 1 aromatic heterocycles. The zero-order chi connectivity index (χ0) is 14.8. The van der Waals surface area contributed by atoms with Crippen molar-refractivity contribution in [2.45, 2.75) is 32.9 Å². The lowest BCUT2D eigenvalue weighted by Crippen LogP contribution is -2.35. The molecule has 110 valence electrons. The fourth-order valence-electron chi connectivity index (χ4n) is 2.96. The number of fused-ring (bicyclic) bond motifs is 1. The van der Waals surface area contributed by atoms with Crippen molar-refractivity contribution < 1.29 is 0 Å². The van der Waals surface area contributed by atoms with Crippen LogP contribution in [0.4, 0.5) is 0 Å². The molecule has 0 aliphatic carbocycles. The van der Waals surface area contributed by atoms with E-state index >= 15 is 0 Å². The van der Waals surface area contributed by atoms with E-state index < -0.39 is 0 Å². The van der Waals surface area contributed by atoms with Crippen LogP contribution in [0, 0.1) is 4.77 Å². The van der Waals surface area contributed by atoms with Crippen LogP contribution in [0.15, 0.2) is 29.1 Å². The van der Waals surface area contributed by atoms with Crippen LogP contribution in [0.2, 0.25) is 0 Å². The Bertz CT molecular complexity index is 763. The lowest BCUT2D eigenvalue weighted by atomic mass is 10.0. The van der Waals surface area contributed by atoms with Gasteiger partial charge in [-0.15, -0.1) is 0 Å². The molecule has 0 unspecified atom stereocenters. The summed E-state index contributed by atoms with van der Waals surface area (Å²) in [5.41, 5.74) is 4.53. The Morgan fingerprint density at radius 3 is 2.76 bits per heavy atom. The summed E-state index contributed by atoms with van der Waals surface area (Å²) in [6.07, 6.45) is 1.81. The summed E-state index contributed by atoms with van der Waals surface area (Å²) in [6, 6.07) is 8.55. The van der Waals surface area contributed by atoms with Gasteiger partial charge in [0.25, 0.3) is 5.56 Å². The molecule has 21 heavy (non-hydrogen) atoms. The van der Waals surface area contributed by atoms with Crippen molar-refractivity contribution in [2.24, 2.45) is 0 Å². The van der Waals surface area contributed by atoms with Crippen LogP contribution >= 0.6 is 12.2 Å². The maximum atomic E-state index is 11.9. The first-order chi connectivity index (χ1) is 10.2. The number of nitrogens with zero attached hydrogens (tertiary/aromatic N) is 1. The summed E-state index contributed by atoms with van der Waals surface area (Å²) >= 11 is 5.06. The number of aromatic amines is 2. The van der Waals surface area contributed by atoms with E-state index in [4.69, 9.17) is 12.2 Å². The summed E-state index contributed by atoms with van der Waals surface area (Å²) in [4.78, 5) is 20.0. The van der Waals surface area contributed by atoms with Gasteiger partial charge in [-0.05, 0) is 36.2 Å². The summed E-state index contributed by atoms with van der Waals surface area (Å²) in [7, 11) is 0. The summed E-state index contributed by atoms with van der Waals surface area (Å²) < 4.78 is 0.412. The van der Waals surface area contributed by atoms with E-state index in [1.54, 1.807) is 0 Å². The molecule has 0 saturated heterocycles. The molecule has 0 spiro atoms. The summed E-state index contributed by atoms with van der Waals surface area (Å²) in [5, 5.41) is 0. The molecule has 5 heteroatoms. The van der Waals surface area contributed by atoms with Gasteiger partial charge in [-0.3, -0.25) is 14.7 Å². The molecule has 0 fully saturated rings. The number of H-pyrrole nitrogens is 2. The van der Waals surface area contributed by atoms with Crippen LogP contribution in [0.5, 0.6) is 0 Å². The van der Waals surface area contributed by atoms with Crippen LogP contribution in [-0.2, 0) is 25.9 Å². The zero-order valence-electron chi connectivity index (χ0n) is 12.1. The zero-order valence-corrected chi connectivity index (χ0v) is 12.9. The predicted molar refractivity (Wildman–Crippen MR) is 85.9 cm³/mol. The fourth-order valence-corrected chi connectivity index (χ4v) is 3.18. The second kappa shape index (κ2) is 5.95. The number of nitrogens with one attached hydrogen (secondary N) is 2. The van der Waals surface area contributed by atoms with E-state index in [1.807, 2.05) is 0 Å². The first-order valence-electron chi connectivity index (χ1n) is 7.31. The molecule has 3 rings (SSSR count). The monoisotopic (exact) mass is 301 g/mol. The molecule has 0 atom stereocenters. The van der Waals surface area contributed by atoms with Crippen LogP contribution in [0.25, 0.3) is 0 Å². The van der Waals surface area contributed by atoms with Crippen molar-refractivity contribution in [3.05, 3.63) is 61.8 Å². The average molecular weight is 301 g/mol. The predicted octanol–water partition coefficient (Wildman–Crippen LogP) is 2.55. The summed E-state index contributed by atoms with van der Waals surface area (Å²) in [6.45, 7) is 4.75. The van der Waals surface area contributed by atoms with Crippen LogP contribution in [-0.4, -0.2) is 21.4 Å². The van der Waals surface area contributed by atoms with Gasteiger partial charge in [-0.2, -0.15) is 0 Å². The summed E-state index contributed by atoms with van der Waals surface area (Å²) in [5.74, 6) is 0. The normalized spacial score (nSPS) is 14.9. The highest BCUT2D eigenvalue weighted by molar-refractivity contribution is 7.71. The van der Waals surface area contributed by atoms with Crippen molar-refractivity contribution in [3.8, 4) is 0 Å². The highest BCUT2D eigenvalue weighted by Gasteiger charge is 2.19. The number of hydrogen-bond acceptors (Lipinski definition) is 3. The van der Waals surface area contributed by atoms with Gasteiger partial charge >= 0.3 is 0 Å². The molecule has 0 radical (unpaired) electrons. The van der Waals surface area contributed by atoms with E-state index in [2.05, 4.69) is 46.1 Å². The van der Waals surface area contributed by atoms with Crippen LogP contribution in [0.3, 0.4) is 0 Å². The SMILES string of the molecule is CCc1ccccc1CN1CCc2c([nH]c(=S)[nH]c2=O)C1. The largest absolute Gasteiger partial charge is 0.334 e. The molecule has 0 saturated carbocycles. The molecule has 0 bridgehead atoms. The average Bonchev–Trinajstić information content (AvgIpc) is 2.47. The first kappa shape index (κ1) is 14.2. The van der Waals surface area contributed by atoms with Gasteiger partial charge in [0.05, 0.1) is 0 Å². The van der Waals surface area contributed by atoms with Crippen molar-refractivity contribution in [1.82, 2.24) is 14.9 Å². The Labute approximate surface area is 128 Å². The van der Waals surface area contributed by atoms with Gasteiger partial charge in [-0.1, -0.05) is 31.2 Å². The van der Waals surface area contributed by atoms with Crippen molar-refractivity contribution in [2.75, 3.05) is 6.54 Å². The van der Waals surface area contributed by atoms with E-state index in [0.717, 1.165) is 43.7 Å². The Balaban J connectivity index is 1.84. The van der Waals surface area contributed by atoms with Gasteiger partial charge in [0.2, 0.25) is 0 Å². The minimum absolute atomic E-state index is 0.0395. The topological polar surface area (TPSA) is 51.9 Å². The minimum atomic E-state index is -0.0395. The quantitative estimate of drug-likeness (QED) is 0.857. The lowest BCUT2D eigenvalue weighted by molar-refractivity contribution is 0.239.